The topological polar surface area (TPSA) is 59.8 Å². The van der Waals surface area contributed by atoms with E-state index in [1.54, 1.807) is 6.20 Å². The van der Waals surface area contributed by atoms with Gasteiger partial charge in [-0.1, -0.05) is 29.8 Å². The molecular formula is C18H18N4OS. The summed E-state index contributed by atoms with van der Waals surface area (Å²) in [5.41, 5.74) is 3.19. The summed E-state index contributed by atoms with van der Waals surface area (Å²) in [7, 11) is 0. The number of amides is 1. The molecule has 1 amide bonds. The monoisotopic (exact) mass is 338 g/mol. The highest BCUT2D eigenvalue weighted by Crippen LogP contribution is 2.26. The zero-order valence-corrected chi connectivity index (χ0v) is 14.2. The minimum atomic E-state index is -0.0292. The van der Waals surface area contributed by atoms with E-state index < -0.39 is 0 Å². The molecule has 122 valence electrons. The number of fused-ring (bicyclic) bond motifs is 1. The van der Waals surface area contributed by atoms with Crippen molar-refractivity contribution in [1.82, 2.24) is 14.5 Å². The van der Waals surface area contributed by atoms with Crippen LogP contribution in [0.5, 0.6) is 0 Å². The third-order valence-corrected chi connectivity index (χ3v) is 5.15. The number of benzene rings is 1. The Kier molecular flexibility index (Phi) is 3.90. The van der Waals surface area contributed by atoms with E-state index in [-0.39, 0.29) is 11.8 Å². The average Bonchev–Trinajstić information content (AvgIpc) is 3.24. The molecule has 5 nitrogen and oxygen atoms in total. The van der Waals surface area contributed by atoms with E-state index in [2.05, 4.69) is 51.0 Å². The summed E-state index contributed by atoms with van der Waals surface area (Å²) < 4.78 is 2.06. The lowest BCUT2D eigenvalue weighted by Gasteiger charge is -2.22. The second-order valence-electron chi connectivity index (χ2n) is 6.12. The van der Waals surface area contributed by atoms with Crippen LogP contribution >= 0.6 is 11.3 Å². The Bertz CT molecular complexity index is 865. The lowest BCUT2D eigenvalue weighted by molar-refractivity contribution is -0.120. The van der Waals surface area contributed by atoms with Crippen molar-refractivity contribution >= 4 is 22.4 Å². The smallest absolute Gasteiger partial charge is 0.231 e. The molecule has 3 heterocycles. The van der Waals surface area contributed by atoms with Crippen LogP contribution < -0.4 is 5.32 Å². The number of nitrogens with one attached hydrogen (secondary N) is 1. The molecule has 1 N–H and O–H groups in total. The maximum absolute atomic E-state index is 12.5. The molecule has 2 aromatic heterocycles. The minimum absolute atomic E-state index is 0.0292. The van der Waals surface area contributed by atoms with Gasteiger partial charge in [-0.05, 0) is 13.3 Å². The first kappa shape index (κ1) is 15.1. The Hall–Kier alpha value is -2.47. The van der Waals surface area contributed by atoms with Crippen molar-refractivity contribution in [2.75, 3.05) is 5.32 Å². The molecule has 4 rings (SSSR count). The summed E-state index contributed by atoms with van der Waals surface area (Å²) in [6.07, 6.45) is 5.41. The SMILES string of the molecule is Cc1ccc(-c2csc(NC(=O)[C@@H]3CCc4nccn4C3)n2)cc1. The number of hydrogen-bond acceptors (Lipinski definition) is 4. The summed E-state index contributed by atoms with van der Waals surface area (Å²) in [5, 5.41) is 5.61. The number of rotatable bonds is 3. The average molecular weight is 338 g/mol. The van der Waals surface area contributed by atoms with Gasteiger partial charge in [-0.2, -0.15) is 0 Å². The van der Waals surface area contributed by atoms with E-state index in [0.29, 0.717) is 11.7 Å². The molecule has 0 saturated carbocycles. The Balaban J connectivity index is 1.44. The fourth-order valence-electron chi connectivity index (χ4n) is 2.98. The predicted molar refractivity (Wildman–Crippen MR) is 95.0 cm³/mol. The molecule has 1 aromatic carbocycles. The number of thiazole rings is 1. The van der Waals surface area contributed by atoms with Crippen molar-refractivity contribution in [2.24, 2.45) is 5.92 Å². The van der Waals surface area contributed by atoms with E-state index in [1.807, 2.05) is 11.6 Å². The number of carbonyl (C=O) groups excluding carboxylic acids is 1. The van der Waals surface area contributed by atoms with Gasteiger partial charge in [0.25, 0.3) is 0 Å². The first-order chi connectivity index (χ1) is 11.7. The zero-order valence-electron chi connectivity index (χ0n) is 13.4. The number of imidazole rings is 1. The van der Waals surface area contributed by atoms with Crippen LogP contribution in [-0.2, 0) is 17.8 Å². The van der Waals surface area contributed by atoms with Crippen LogP contribution in [0.1, 0.15) is 17.8 Å². The van der Waals surface area contributed by atoms with Crippen LogP contribution in [0.2, 0.25) is 0 Å². The second kappa shape index (κ2) is 6.20. The Labute approximate surface area is 144 Å². The maximum Gasteiger partial charge on any atom is 0.231 e. The van der Waals surface area contributed by atoms with Crippen LogP contribution in [0.4, 0.5) is 5.13 Å². The van der Waals surface area contributed by atoms with Gasteiger partial charge >= 0.3 is 0 Å². The Morgan fingerprint density at radius 1 is 1.33 bits per heavy atom. The van der Waals surface area contributed by atoms with Crippen molar-refractivity contribution in [3.8, 4) is 11.3 Å². The van der Waals surface area contributed by atoms with E-state index in [9.17, 15) is 4.79 Å². The number of carbonyl (C=O) groups is 1. The van der Waals surface area contributed by atoms with Gasteiger partial charge in [0.05, 0.1) is 11.6 Å². The fraction of sp³-hybridized carbons (Fsp3) is 0.278. The molecule has 0 fully saturated rings. The Morgan fingerprint density at radius 3 is 3.00 bits per heavy atom. The number of nitrogens with zero attached hydrogens (tertiary/aromatic N) is 3. The van der Waals surface area contributed by atoms with Gasteiger partial charge < -0.3 is 9.88 Å². The van der Waals surface area contributed by atoms with Crippen LogP contribution in [0.3, 0.4) is 0 Å². The van der Waals surface area contributed by atoms with E-state index in [1.165, 1.54) is 16.9 Å². The zero-order chi connectivity index (χ0) is 16.5. The fourth-order valence-corrected chi connectivity index (χ4v) is 3.70. The predicted octanol–water partition coefficient (Wildman–Crippen LogP) is 3.52. The number of anilines is 1. The van der Waals surface area contributed by atoms with Gasteiger partial charge in [0.2, 0.25) is 5.91 Å². The quantitative estimate of drug-likeness (QED) is 0.795. The van der Waals surface area contributed by atoms with Crippen molar-refractivity contribution in [3.63, 3.8) is 0 Å². The third kappa shape index (κ3) is 2.97. The van der Waals surface area contributed by atoms with Gasteiger partial charge in [-0.15, -0.1) is 11.3 Å². The van der Waals surface area contributed by atoms with Gasteiger partial charge in [0, 0.05) is 36.3 Å². The van der Waals surface area contributed by atoms with Gasteiger partial charge in [-0.25, -0.2) is 9.97 Å². The van der Waals surface area contributed by atoms with E-state index in [4.69, 9.17) is 0 Å². The van der Waals surface area contributed by atoms with Gasteiger partial charge in [-0.3, -0.25) is 4.79 Å². The van der Waals surface area contributed by atoms with Crippen LogP contribution in [0, 0.1) is 12.8 Å². The first-order valence-corrected chi connectivity index (χ1v) is 8.90. The van der Waals surface area contributed by atoms with Crippen LogP contribution in [0.15, 0.2) is 42.0 Å². The maximum atomic E-state index is 12.5. The number of aryl methyl sites for hydroxylation is 2. The lowest BCUT2D eigenvalue weighted by atomic mass is 9.99. The molecule has 0 bridgehead atoms. The molecule has 0 spiro atoms. The standard InChI is InChI=1S/C18H18N4OS/c1-12-2-4-13(5-3-12)15-11-24-18(20-15)21-17(23)14-6-7-16-19-8-9-22(16)10-14/h2-5,8-9,11,14H,6-7,10H2,1H3,(H,20,21,23)/t14-/m1/s1. The molecule has 0 aliphatic carbocycles. The lowest BCUT2D eigenvalue weighted by Crippen LogP contribution is -2.31. The number of aromatic nitrogens is 3. The molecular weight excluding hydrogens is 320 g/mol. The molecule has 6 heteroatoms. The van der Waals surface area contributed by atoms with Crippen molar-refractivity contribution in [2.45, 2.75) is 26.3 Å². The largest absolute Gasteiger partial charge is 0.334 e. The summed E-state index contributed by atoms with van der Waals surface area (Å²) in [4.78, 5) is 21.4. The minimum Gasteiger partial charge on any atom is -0.334 e. The highest BCUT2D eigenvalue weighted by molar-refractivity contribution is 7.14. The van der Waals surface area contributed by atoms with E-state index in [0.717, 1.165) is 29.9 Å². The molecule has 0 unspecified atom stereocenters. The van der Waals surface area contributed by atoms with Crippen LogP contribution in [0.25, 0.3) is 11.3 Å². The van der Waals surface area contributed by atoms with Crippen LogP contribution in [-0.4, -0.2) is 20.4 Å². The summed E-state index contributed by atoms with van der Waals surface area (Å²) >= 11 is 1.47. The van der Waals surface area contributed by atoms with Crippen molar-refractivity contribution < 1.29 is 4.79 Å². The molecule has 24 heavy (non-hydrogen) atoms. The third-order valence-electron chi connectivity index (χ3n) is 4.39. The second-order valence-corrected chi connectivity index (χ2v) is 6.98. The Morgan fingerprint density at radius 2 is 2.17 bits per heavy atom. The molecule has 0 saturated heterocycles. The van der Waals surface area contributed by atoms with Gasteiger partial charge in [0.15, 0.2) is 5.13 Å². The molecule has 3 aromatic rings. The highest BCUT2D eigenvalue weighted by atomic mass is 32.1. The highest BCUT2D eigenvalue weighted by Gasteiger charge is 2.25. The molecule has 1 aliphatic heterocycles. The van der Waals surface area contributed by atoms with Gasteiger partial charge in [0.1, 0.15) is 5.82 Å². The molecule has 1 aliphatic rings. The summed E-state index contributed by atoms with van der Waals surface area (Å²) in [6, 6.07) is 8.24. The van der Waals surface area contributed by atoms with E-state index >= 15 is 0 Å². The first-order valence-electron chi connectivity index (χ1n) is 8.02. The summed E-state index contributed by atoms with van der Waals surface area (Å²) in [6.45, 7) is 2.75. The number of hydrogen-bond donors (Lipinski definition) is 1. The molecule has 0 radical (unpaired) electrons. The van der Waals surface area contributed by atoms with Crippen molar-refractivity contribution in [3.05, 3.63) is 53.4 Å². The van der Waals surface area contributed by atoms with Crippen molar-refractivity contribution in [1.29, 1.82) is 0 Å². The summed E-state index contributed by atoms with van der Waals surface area (Å²) in [5.74, 6) is 1.08. The normalized spacial score (nSPS) is 16.6. The molecule has 1 atom stereocenters.